The first-order chi connectivity index (χ1) is 9.44. The van der Waals surface area contributed by atoms with Crippen LogP contribution in [0.3, 0.4) is 0 Å². The van der Waals surface area contributed by atoms with E-state index >= 15 is 0 Å². The predicted octanol–water partition coefficient (Wildman–Crippen LogP) is 4.50. The lowest BCUT2D eigenvalue weighted by molar-refractivity contribution is 0.102. The Labute approximate surface area is 132 Å². The van der Waals surface area contributed by atoms with E-state index < -0.39 is 0 Å². The molecule has 1 N–H and O–H groups in total. The number of aromatic nitrogens is 1. The maximum absolute atomic E-state index is 10.3. The van der Waals surface area contributed by atoms with Crippen molar-refractivity contribution in [3.8, 4) is 0 Å². The zero-order valence-corrected chi connectivity index (χ0v) is 14.1. The van der Waals surface area contributed by atoms with Crippen molar-refractivity contribution in [3.05, 3.63) is 49.9 Å². The third-order valence-corrected chi connectivity index (χ3v) is 5.74. The van der Waals surface area contributed by atoms with Crippen LogP contribution in [0.15, 0.2) is 28.7 Å². The third-order valence-electron chi connectivity index (χ3n) is 3.77. The van der Waals surface area contributed by atoms with Gasteiger partial charge in [-0.15, -0.1) is 11.3 Å². The Morgan fingerprint density at radius 2 is 2.15 bits per heavy atom. The molecule has 20 heavy (non-hydrogen) atoms. The highest BCUT2D eigenvalue weighted by Crippen LogP contribution is 2.43. The van der Waals surface area contributed by atoms with Gasteiger partial charge in [0.15, 0.2) is 0 Å². The van der Waals surface area contributed by atoms with Gasteiger partial charge in [-0.3, -0.25) is 0 Å². The molecule has 0 fully saturated rings. The summed E-state index contributed by atoms with van der Waals surface area (Å²) in [5.41, 5.74) is 2.48. The average Bonchev–Trinajstić information content (AvgIpc) is 2.73. The highest BCUT2D eigenvalue weighted by molar-refractivity contribution is 9.10. The fourth-order valence-corrected chi connectivity index (χ4v) is 4.34. The van der Waals surface area contributed by atoms with Gasteiger partial charge >= 0.3 is 0 Å². The number of fused-ring (bicyclic) bond motifs is 1. The van der Waals surface area contributed by atoms with Crippen molar-refractivity contribution in [3.63, 3.8) is 0 Å². The van der Waals surface area contributed by atoms with Gasteiger partial charge in [-0.2, -0.15) is 0 Å². The van der Waals surface area contributed by atoms with Crippen LogP contribution in [0.25, 0.3) is 0 Å². The van der Waals surface area contributed by atoms with Gasteiger partial charge in [-0.05, 0) is 29.9 Å². The van der Waals surface area contributed by atoms with Gasteiger partial charge in [0.2, 0.25) is 0 Å². The first kappa shape index (κ1) is 14.2. The van der Waals surface area contributed by atoms with Gasteiger partial charge < -0.3 is 5.11 Å². The Morgan fingerprint density at radius 1 is 1.40 bits per heavy atom. The Hall–Kier alpha value is -0.710. The molecule has 1 aromatic carbocycles. The summed E-state index contributed by atoms with van der Waals surface area (Å²) in [4.78, 5) is 5.85. The Bertz CT molecular complexity index is 635. The van der Waals surface area contributed by atoms with Gasteiger partial charge in [0.25, 0.3) is 0 Å². The zero-order valence-electron chi connectivity index (χ0n) is 11.7. The van der Waals surface area contributed by atoms with E-state index in [0.29, 0.717) is 0 Å². The molecule has 106 valence electrons. The number of hydrogen-bond acceptors (Lipinski definition) is 3. The molecule has 0 radical (unpaired) electrons. The molecule has 0 aliphatic heterocycles. The summed E-state index contributed by atoms with van der Waals surface area (Å²) in [5.74, 6) is 0. The van der Waals surface area contributed by atoms with Crippen LogP contribution < -0.4 is 0 Å². The van der Waals surface area contributed by atoms with Gasteiger partial charge in [-0.1, -0.05) is 48.0 Å². The molecule has 1 unspecified atom stereocenters. The summed E-state index contributed by atoms with van der Waals surface area (Å²) < 4.78 is 1.12. The maximum Gasteiger partial charge on any atom is 0.0976 e. The molecular formula is C16H18BrNOS. The summed E-state index contributed by atoms with van der Waals surface area (Å²) in [6, 6.07) is 8.24. The van der Waals surface area contributed by atoms with Crippen molar-refractivity contribution in [2.45, 2.75) is 39.2 Å². The minimum Gasteiger partial charge on any atom is -0.387 e. The number of aliphatic hydroxyl groups excluding tert-OH is 1. The van der Waals surface area contributed by atoms with Crippen LogP contribution in [-0.2, 0) is 12.8 Å². The summed E-state index contributed by atoms with van der Waals surface area (Å²) in [5, 5.41) is 11.4. The normalized spacial score (nSPS) is 20.7. The Morgan fingerprint density at radius 3 is 2.90 bits per heavy atom. The number of hydrogen-bond donors (Lipinski definition) is 1. The van der Waals surface area contributed by atoms with E-state index in [2.05, 4.69) is 41.9 Å². The van der Waals surface area contributed by atoms with Gasteiger partial charge in [0, 0.05) is 10.9 Å². The van der Waals surface area contributed by atoms with Crippen LogP contribution in [0.4, 0.5) is 0 Å². The van der Waals surface area contributed by atoms with Crippen molar-refractivity contribution >= 4 is 27.3 Å². The molecule has 1 aromatic heterocycles. The van der Waals surface area contributed by atoms with Crippen molar-refractivity contribution < 1.29 is 5.11 Å². The Balaban J connectivity index is 1.89. The lowest BCUT2D eigenvalue weighted by Crippen LogP contribution is -2.24. The fraction of sp³-hybridized carbons (Fsp3) is 0.438. The van der Waals surface area contributed by atoms with E-state index in [1.54, 1.807) is 11.3 Å². The first-order valence-corrected chi connectivity index (χ1v) is 8.45. The van der Waals surface area contributed by atoms with E-state index in [0.717, 1.165) is 39.3 Å². The summed E-state index contributed by atoms with van der Waals surface area (Å²) in [6.07, 6.45) is 2.27. The zero-order chi connectivity index (χ0) is 14.3. The smallest absolute Gasteiger partial charge is 0.0976 e. The molecule has 2 aromatic rings. The van der Waals surface area contributed by atoms with Crippen LogP contribution in [0, 0.1) is 5.41 Å². The van der Waals surface area contributed by atoms with E-state index in [-0.39, 0.29) is 11.5 Å². The minimum absolute atomic E-state index is 0.144. The first-order valence-electron chi connectivity index (χ1n) is 6.84. The van der Waals surface area contributed by atoms with Crippen molar-refractivity contribution in [1.29, 1.82) is 0 Å². The summed E-state index contributed by atoms with van der Waals surface area (Å²) >= 11 is 5.25. The number of benzene rings is 1. The molecule has 3 rings (SSSR count). The molecule has 1 heterocycles. The topological polar surface area (TPSA) is 33.1 Å². The standard InChI is InChI=1S/C16H18BrNOS/c1-16(2)8-12-15(13(19)9-16)20-14(18-12)7-10-5-3-4-6-11(10)17/h3-6,13,19H,7-9H2,1-2H3. The van der Waals surface area contributed by atoms with E-state index in [1.165, 1.54) is 5.56 Å². The van der Waals surface area contributed by atoms with Crippen molar-refractivity contribution in [1.82, 2.24) is 4.98 Å². The van der Waals surface area contributed by atoms with Crippen LogP contribution in [0.5, 0.6) is 0 Å². The fourth-order valence-electron chi connectivity index (χ4n) is 2.82. The highest BCUT2D eigenvalue weighted by atomic mass is 79.9. The molecule has 2 nitrogen and oxygen atoms in total. The third kappa shape index (κ3) is 2.83. The number of nitrogens with zero attached hydrogens (tertiary/aromatic N) is 1. The lowest BCUT2D eigenvalue weighted by atomic mass is 9.77. The molecule has 0 amide bonds. The van der Waals surface area contributed by atoms with Gasteiger partial charge in [-0.25, -0.2) is 4.98 Å². The Kier molecular flexibility index (Phi) is 3.73. The molecule has 4 heteroatoms. The van der Waals surface area contributed by atoms with E-state index in [4.69, 9.17) is 4.98 Å². The van der Waals surface area contributed by atoms with Crippen molar-refractivity contribution in [2.24, 2.45) is 5.41 Å². The van der Waals surface area contributed by atoms with E-state index in [1.807, 2.05) is 12.1 Å². The lowest BCUT2D eigenvalue weighted by Gasteiger charge is -2.31. The molecule has 0 saturated carbocycles. The molecule has 1 aliphatic rings. The van der Waals surface area contributed by atoms with Gasteiger partial charge in [0.1, 0.15) is 0 Å². The quantitative estimate of drug-likeness (QED) is 0.863. The summed E-state index contributed by atoms with van der Waals surface area (Å²) in [6.45, 7) is 4.40. The molecule has 1 aliphatic carbocycles. The number of aliphatic hydroxyl groups is 1. The number of thiazole rings is 1. The summed E-state index contributed by atoms with van der Waals surface area (Å²) in [7, 11) is 0. The molecule has 0 saturated heterocycles. The van der Waals surface area contributed by atoms with Crippen LogP contribution in [0.1, 0.15) is 47.5 Å². The number of rotatable bonds is 2. The molecule has 1 atom stereocenters. The highest BCUT2D eigenvalue weighted by Gasteiger charge is 2.33. The average molecular weight is 352 g/mol. The number of halogens is 1. The molecular weight excluding hydrogens is 334 g/mol. The SMILES string of the molecule is CC1(C)Cc2nc(Cc3ccccc3Br)sc2C(O)C1. The predicted molar refractivity (Wildman–Crippen MR) is 86.1 cm³/mol. The minimum atomic E-state index is -0.348. The second kappa shape index (κ2) is 5.24. The molecule has 0 spiro atoms. The van der Waals surface area contributed by atoms with E-state index in [9.17, 15) is 5.11 Å². The van der Waals surface area contributed by atoms with Gasteiger partial charge in [0.05, 0.1) is 21.7 Å². The van der Waals surface area contributed by atoms with Crippen LogP contribution >= 0.6 is 27.3 Å². The monoisotopic (exact) mass is 351 g/mol. The largest absolute Gasteiger partial charge is 0.387 e. The second-order valence-electron chi connectivity index (χ2n) is 6.25. The second-order valence-corrected chi connectivity index (χ2v) is 8.22. The van der Waals surface area contributed by atoms with Crippen LogP contribution in [-0.4, -0.2) is 10.1 Å². The maximum atomic E-state index is 10.3. The molecule has 0 bridgehead atoms. The van der Waals surface area contributed by atoms with Crippen molar-refractivity contribution in [2.75, 3.05) is 0 Å². The van der Waals surface area contributed by atoms with Crippen LogP contribution in [0.2, 0.25) is 0 Å².